The van der Waals surface area contributed by atoms with Crippen LogP contribution < -0.4 is 40.8 Å². The molecule has 0 saturated carbocycles. The Labute approximate surface area is 141 Å². The first kappa shape index (κ1) is 17.7. The van der Waals surface area contributed by atoms with Crippen LogP contribution in [0, 0.1) is 0 Å². The molecule has 0 spiro atoms. The van der Waals surface area contributed by atoms with E-state index in [1.165, 1.54) is 0 Å². The fourth-order valence-corrected chi connectivity index (χ4v) is 12.2. The van der Waals surface area contributed by atoms with E-state index in [9.17, 15) is 0 Å². The van der Waals surface area contributed by atoms with Crippen LogP contribution in [0.1, 0.15) is 0 Å². The third kappa shape index (κ3) is 4.49. The predicted molar refractivity (Wildman–Crippen MR) is 103 cm³/mol. The number of hydrogen-bond donors (Lipinski definition) is 6. The summed E-state index contributed by atoms with van der Waals surface area (Å²) in [4.78, 5) is 5.95. The van der Waals surface area contributed by atoms with E-state index >= 15 is 0 Å². The van der Waals surface area contributed by atoms with Gasteiger partial charge in [-0.2, -0.15) is 0 Å². The molecule has 12 heteroatoms. The van der Waals surface area contributed by atoms with Gasteiger partial charge in [0.1, 0.15) is 0 Å². The van der Waals surface area contributed by atoms with Crippen LogP contribution in [0.25, 0.3) is 0 Å². The predicted octanol–water partition coefficient (Wildman–Crippen LogP) is 1.94. The van der Waals surface area contributed by atoms with E-state index in [1.807, 2.05) is 36.4 Å². The van der Waals surface area contributed by atoms with Crippen LogP contribution in [0.3, 0.4) is 0 Å². The summed E-state index contributed by atoms with van der Waals surface area (Å²) in [5, 5.41) is 0. The van der Waals surface area contributed by atoms with Gasteiger partial charge < -0.3 is 0 Å². The van der Waals surface area contributed by atoms with Crippen LogP contribution in [0.5, 0.6) is 11.5 Å². The molecule has 24 heavy (non-hydrogen) atoms. The van der Waals surface area contributed by atoms with Crippen molar-refractivity contribution in [1.29, 1.82) is 0 Å². The van der Waals surface area contributed by atoms with Crippen molar-refractivity contribution >= 4 is 23.4 Å². The number of hydrogen-bond acceptors (Lipinski definition) is 9. The molecule has 0 bridgehead atoms. The van der Waals surface area contributed by atoms with Crippen molar-refractivity contribution in [3.63, 3.8) is 0 Å². The van der Waals surface area contributed by atoms with Gasteiger partial charge >= 0.3 is 141 Å². The van der Waals surface area contributed by atoms with Crippen molar-refractivity contribution in [3.8, 4) is 11.5 Å². The van der Waals surface area contributed by atoms with Gasteiger partial charge in [0.2, 0.25) is 0 Å². The summed E-state index contributed by atoms with van der Waals surface area (Å²) in [5.74, 6) is 1.12. The molecule has 1 unspecified atom stereocenters. The Balaban J connectivity index is 1.89. The van der Waals surface area contributed by atoms with Crippen LogP contribution in [0.4, 0.5) is 0 Å². The fourth-order valence-electron chi connectivity index (χ4n) is 2.27. The van der Waals surface area contributed by atoms with Crippen molar-refractivity contribution < 1.29 is 9.05 Å². The SMILES string of the molecule is NP1(Oc2ccccc2)=N[PH](N)(N)N[PH](N)(Oc2ccccc2)N1. The van der Waals surface area contributed by atoms with E-state index in [0.29, 0.717) is 11.5 Å². The Morgan fingerprint density at radius 3 is 2.00 bits per heavy atom. The summed E-state index contributed by atoms with van der Waals surface area (Å²) in [6.07, 6.45) is 0. The summed E-state index contributed by atoms with van der Waals surface area (Å²) >= 11 is 0. The van der Waals surface area contributed by atoms with Gasteiger partial charge in [-0.1, -0.05) is 0 Å². The molecule has 1 aliphatic heterocycles. The number of para-hydroxylation sites is 2. The van der Waals surface area contributed by atoms with Crippen LogP contribution in [-0.2, 0) is 0 Å². The second kappa shape index (κ2) is 6.65. The molecule has 2 aromatic carbocycles. The monoisotopic (exact) mass is 389 g/mol. The first-order chi connectivity index (χ1) is 11.3. The van der Waals surface area contributed by atoms with E-state index in [2.05, 4.69) is 14.2 Å². The summed E-state index contributed by atoms with van der Waals surface area (Å²) < 4.78 is 16.0. The van der Waals surface area contributed by atoms with E-state index in [0.717, 1.165) is 0 Å². The molecule has 0 fully saturated rings. The summed E-state index contributed by atoms with van der Waals surface area (Å²) in [6.45, 7) is 0. The fraction of sp³-hybridized carbons (Fsp3) is 0. The van der Waals surface area contributed by atoms with Crippen molar-refractivity contribution in [1.82, 2.24) is 9.72 Å². The average molecular weight is 389 g/mol. The van der Waals surface area contributed by atoms with E-state index in [4.69, 9.17) is 31.1 Å². The van der Waals surface area contributed by atoms with Crippen molar-refractivity contribution in [2.45, 2.75) is 0 Å². The average Bonchev–Trinajstić information content (AvgIpc) is 2.45. The topological polar surface area (TPSA) is 159 Å². The molecule has 0 aromatic heterocycles. The van der Waals surface area contributed by atoms with Gasteiger partial charge in [-0.15, -0.1) is 0 Å². The number of nitrogens with one attached hydrogen (secondary N) is 2. The summed E-state index contributed by atoms with van der Waals surface area (Å²) in [5.41, 5.74) is 24.8. The molecule has 3 rings (SSSR count). The van der Waals surface area contributed by atoms with E-state index in [1.54, 1.807) is 24.3 Å². The molecule has 1 heterocycles. The number of nitrogens with zero attached hydrogens (tertiary/aromatic N) is 1. The van der Waals surface area contributed by atoms with Gasteiger partial charge in [0.15, 0.2) is 0 Å². The third-order valence-electron chi connectivity index (χ3n) is 3.04. The van der Waals surface area contributed by atoms with Gasteiger partial charge in [-0.25, -0.2) is 0 Å². The van der Waals surface area contributed by atoms with Crippen molar-refractivity contribution in [3.05, 3.63) is 60.7 Å². The second-order valence-electron chi connectivity index (χ2n) is 5.34. The Bertz CT molecular complexity index is 762. The standard InChI is InChI=1S/C12H22N7O2P3/c13-22(14)17-23(15,20-11-7-3-1-4-8-11)19-24(16,18-22)21-12-9-5-2-6-10-12/h1-10,17,19,22-23H,13-16H2. The molecule has 10 N–H and O–H groups in total. The first-order valence-corrected chi connectivity index (χ1v) is 13.0. The maximum absolute atomic E-state index is 6.37. The zero-order chi connectivity index (χ0) is 17.3. The Morgan fingerprint density at radius 2 is 1.42 bits per heavy atom. The molecule has 1 atom stereocenters. The third-order valence-corrected chi connectivity index (χ3v) is 12.3. The maximum atomic E-state index is 6.37. The first-order valence-electron chi connectivity index (χ1n) is 7.14. The van der Waals surface area contributed by atoms with Gasteiger partial charge in [0.25, 0.3) is 0 Å². The molecule has 132 valence electrons. The Hall–Kier alpha value is -1.11. The molecule has 0 radical (unpaired) electrons. The second-order valence-corrected chi connectivity index (χ2v) is 12.8. The minimum absolute atomic E-state index is 0.548. The molecule has 0 saturated heterocycles. The molecule has 9 nitrogen and oxygen atoms in total. The molecule has 0 amide bonds. The molecule has 2 aromatic rings. The normalized spacial score (nSPS) is 27.3. The van der Waals surface area contributed by atoms with Crippen LogP contribution in [0.2, 0.25) is 0 Å². The van der Waals surface area contributed by atoms with Crippen molar-refractivity contribution in [2.75, 3.05) is 0 Å². The summed E-state index contributed by atoms with van der Waals surface area (Å²) in [7, 11) is -9.56. The Kier molecular flexibility index (Phi) is 4.91. The molecular weight excluding hydrogens is 367 g/mol. The van der Waals surface area contributed by atoms with Gasteiger partial charge in [-0.3, -0.25) is 0 Å². The van der Waals surface area contributed by atoms with Crippen LogP contribution in [0.15, 0.2) is 65.2 Å². The van der Waals surface area contributed by atoms with Gasteiger partial charge in [0.05, 0.1) is 0 Å². The number of nitrogens with two attached hydrogens (primary N) is 4. The molecule has 0 aliphatic carbocycles. The van der Waals surface area contributed by atoms with Gasteiger partial charge in [-0.05, 0) is 0 Å². The molecule has 1 aliphatic rings. The number of benzene rings is 2. The zero-order valence-electron chi connectivity index (χ0n) is 12.8. The number of rotatable bonds is 4. The van der Waals surface area contributed by atoms with E-state index < -0.39 is 23.4 Å². The van der Waals surface area contributed by atoms with E-state index in [-0.39, 0.29) is 0 Å². The van der Waals surface area contributed by atoms with Gasteiger partial charge in [0, 0.05) is 0 Å². The molecular formula is C12H22N7O2P3. The Morgan fingerprint density at radius 1 is 0.875 bits per heavy atom. The summed E-state index contributed by atoms with van der Waals surface area (Å²) in [6, 6.07) is 18.2. The zero-order valence-corrected chi connectivity index (χ0v) is 15.7. The van der Waals surface area contributed by atoms with Crippen LogP contribution >= 0.6 is 23.4 Å². The van der Waals surface area contributed by atoms with Crippen molar-refractivity contribution in [2.24, 2.45) is 26.5 Å². The van der Waals surface area contributed by atoms with Crippen LogP contribution in [-0.4, -0.2) is 0 Å². The quantitative estimate of drug-likeness (QED) is 0.433. The minimum atomic E-state index is -3.28.